The van der Waals surface area contributed by atoms with Crippen LogP contribution in [-0.2, 0) is 0 Å². The summed E-state index contributed by atoms with van der Waals surface area (Å²) in [7, 11) is 0. The van der Waals surface area contributed by atoms with E-state index in [2.05, 4.69) is 15.3 Å². The van der Waals surface area contributed by atoms with Crippen molar-refractivity contribution < 1.29 is 4.39 Å². The van der Waals surface area contributed by atoms with Crippen LogP contribution in [0.4, 0.5) is 15.9 Å². The maximum absolute atomic E-state index is 13.0. The molecule has 0 aliphatic heterocycles. The van der Waals surface area contributed by atoms with Crippen molar-refractivity contribution in [1.29, 1.82) is 0 Å². The Morgan fingerprint density at radius 3 is 2.94 bits per heavy atom. The van der Waals surface area contributed by atoms with Gasteiger partial charge in [-0.3, -0.25) is 0 Å². The standard InChI is InChI=1S/C13H10FN3S/c1-8-6-9(14)2-3-11(8)17-12-10-4-5-18-13(10)16-7-15-12/h2-7H,1H3,(H,15,16,17). The predicted octanol–water partition coefficient (Wildman–Crippen LogP) is 3.88. The molecule has 3 nitrogen and oxygen atoms in total. The van der Waals surface area contributed by atoms with Gasteiger partial charge in [0.25, 0.3) is 0 Å². The van der Waals surface area contributed by atoms with Crippen LogP contribution in [0.3, 0.4) is 0 Å². The lowest BCUT2D eigenvalue weighted by molar-refractivity contribution is 0.627. The van der Waals surface area contributed by atoms with Crippen molar-refractivity contribution in [2.75, 3.05) is 5.32 Å². The molecule has 3 rings (SSSR count). The molecular weight excluding hydrogens is 249 g/mol. The van der Waals surface area contributed by atoms with Crippen molar-refractivity contribution in [3.8, 4) is 0 Å². The fraction of sp³-hybridized carbons (Fsp3) is 0.0769. The molecule has 0 saturated carbocycles. The first kappa shape index (κ1) is 11.1. The lowest BCUT2D eigenvalue weighted by Gasteiger charge is -2.09. The highest BCUT2D eigenvalue weighted by Gasteiger charge is 2.06. The number of nitrogens with one attached hydrogen (secondary N) is 1. The van der Waals surface area contributed by atoms with E-state index in [1.165, 1.54) is 18.5 Å². The van der Waals surface area contributed by atoms with Crippen LogP contribution >= 0.6 is 11.3 Å². The minimum absolute atomic E-state index is 0.235. The molecule has 0 unspecified atom stereocenters. The molecule has 0 aliphatic rings. The number of rotatable bonds is 2. The van der Waals surface area contributed by atoms with E-state index >= 15 is 0 Å². The van der Waals surface area contributed by atoms with Gasteiger partial charge in [0.2, 0.25) is 0 Å². The van der Waals surface area contributed by atoms with Gasteiger partial charge in [0, 0.05) is 5.69 Å². The van der Waals surface area contributed by atoms with Gasteiger partial charge in [-0.1, -0.05) is 0 Å². The molecule has 1 aromatic carbocycles. The first-order chi connectivity index (χ1) is 8.74. The average Bonchev–Trinajstić information content (AvgIpc) is 2.82. The Morgan fingerprint density at radius 2 is 2.11 bits per heavy atom. The van der Waals surface area contributed by atoms with Crippen LogP contribution in [0.15, 0.2) is 36.0 Å². The number of hydrogen-bond donors (Lipinski definition) is 1. The lowest BCUT2D eigenvalue weighted by atomic mass is 10.2. The van der Waals surface area contributed by atoms with Gasteiger partial charge < -0.3 is 5.32 Å². The SMILES string of the molecule is Cc1cc(F)ccc1Nc1ncnc2sccc12. The molecule has 0 saturated heterocycles. The van der Waals surface area contributed by atoms with Gasteiger partial charge in [-0.05, 0) is 42.1 Å². The molecule has 0 radical (unpaired) electrons. The predicted molar refractivity (Wildman–Crippen MR) is 71.8 cm³/mol. The van der Waals surface area contributed by atoms with Gasteiger partial charge in [-0.15, -0.1) is 11.3 Å². The number of thiophene rings is 1. The van der Waals surface area contributed by atoms with E-state index in [9.17, 15) is 4.39 Å². The second kappa shape index (κ2) is 4.34. The van der Waals surface area contributed by atoms with Crippen LogP contribution in [0.5, 0.6) is 0 Å². The molecule has 18 heavy (non-hydrogen) atoms. The Bertz CT molecular complexity index is 708. The van der Waals surface area contributed by atoms with Crippen molar-refractivity contribution in [1.82, 2.24) is 9.97 Å². The summed E-state index contributed by atoms with van der Waals surface area (Å²) in [5.74, 6) is 0.511. The van der Waals surface area contributed by atoms with Gasteiger partial charge in [-0.2, -0.15) is 0 Å². The maximum atomic E-state index is 13.0. The monoisotopic (exact) mass is 259 g/mol. The van der Waals surface area contributed by atoms with E-state index in [0.29, 0.717) is 0 Å². The number of aromatic nitrogens is 2. The molecule has 3 aromatic rings. The molecule has 0 fully saturated rings. The highest BCUT2D eigenvalue weighted by Crippen LogP contribution is 2.27. The molecule has 0 amide bonds. The lowest BCUT2D eigenvalue weighted by Crippen LogP contribution is -1.97. The molecule has 1 N–H and O–H groups in total. The highest BCUT2D eigenvalue weighted by molar-refractivity contribution is 7.16. The van der Waals surface area contributed by atoms with Crippen LogP contribution in [-0.4, -0.2) is 9.97 Å². The highest BCUT2D eigenvalue weighted by atomic mass is 32.1. The van der Waals surface area contributed by atoms with Crippen LogP contribution in [0.1, 0.15) is 5.56 Å². The number of benzene rings is 1. The van der Waals surface area contributed by atoms with Crippen molar-refractivity contribution >= 4 is 33.1 Å². The zero-order valence-electron chi connectivity index (χ0n) is 9.64. The Hall–Kier alpha value is -2.01. The first-order valence-electron chi connectivity index (χ1n) is 5.45. The first-order valence-corrected chi connectivity index (χ1v) is 6.33. The summed E-state index contributed by atoms with van der Waals surface area (Å²) >= 11 is 1.57. The van der Waals surface area contributed by atoms with Gasteiger partial charge in [0.1, 0.15) is 22.8 Å². The summed E-state index contributed by atoms with van der Waals surface area (Å²) in [6, 6.07) is 6.61. The molecule has 0 atom stereocenters. The Morgan fingerprint density at radius 1 is 1.22 bits per heavy atom. The topological polar surface area (TPSA) is 37.8 Å². The fourth-order valence-corrected chi connectivity index (χ4v) is 2.52. The van der Waals surface area contributed by atoms with Gasteiger partial charge in [0.05, 0.1) is 5.39 Å². The number of aryl methyl sites for hydroxylation is 1. The molecule has 2 heterocycles. The number of anilines is 2. The smallest absolute Gasteiger partial charge is 0.142 e. The largest absolute Gasteiger partial charge is 0.339 e. The number of fused-ring (bicyclic) bond motifs is 1. The van der Waals surface area contributed by atoms with E-state index in [0.717, 1.165) is 27.3 Å². The minimum atomic E-state index is -0.235. The van der Waals surface area contributed by atoms with Crippen LogP contribution in [0, 0.1) is 12.7 Å². The third-order valence-corrected chi connectivity index (χ3v) is 3.52. The minimum Gasteiger partial charge on any atom is -0.339 e. The molecule has 0 bridgehead atoms. The number of halogens is 1. The van der Waals surface area contributed by atoms with E-state index in [1.54, 1.807) is 17.4 Å². The van der Waals surface area contributed by atoms with Crippen molar-refractivity contribution in [2.24, 2.45) is 0 Å². The summed E-state index contributed by atoms with van der Waals surface area (Å²) in [4.78, 5) is 9.35. The van der Waals surface area contributed by atoms with Crippen LogP contribution < -0.4 is 5.32 Å². The van der Waals surface area contributed by atoms with E-state index < -0.39 is 0 Å². The normalized spacial score (nSPS) is 10.8. The molecule has 0 spiro atoms. The summed E-state index contributed by atoms with van der Waals surface area (Å²) in [6.45, 7) is 1.86. The summed E-state index contributed by atoms with van der Waals surface area (Å²) in [5, 5.41) is 6.17. The van der Waals surface area contributed by atoms with E-state index in [4.69, 9.17) is 0 Å². The Labute approximate surface area is 107 Å². The maximum Gasteiger partial charge on any atom is 0.142 e. The molecular formula is C13H10FN3S. The quantitative estimate of drug-likeness (QED) is 0.758. The zero-order valence-corrected chi connectivity index (χ0v) is 10.5. The van der Waals surface area contributed by atoms with Crippen LogP contribution in [0.25, 0.3) is 10.2 Å². The number of hydrogen-bond acceptors (Lipinski definition) is 4. The Kier molecular flexibility index (Phi) is 2.68. The third-order valence-electron chi connectivity index (χ3n) is 2.70. The molecule has 5 heteroatoms. The van der Waals surface area contributed by atoms with Gasteiger partial charge in [0.15, 0.2) is 0 Å². The van der Waals surface area contributed by atoms with Crippen LogP contribution in [0.2, 0.25) is 0 Å². The van der Waals surface area contributed by atoms with Crippen molar-refractivity contribution in [3.05, 3.63) is 47.4 Å². The fourth-order valence-electron chi connectivity index (χ4n) is 1.78. The summed E-state index contributed by atoms with van der Waals surface area (Å²) in [6.07, 6.45) is 1.53. The molecule has 2 aromatic heterocycles. The molecule has 90 valence electrons. The zero-order chi connectivity index (χ0) is 12.5. The number of nitrogens with zero attached hydrogens (tertiary/aromatic N) is 2. The van der Waals surface area contributed by atoms with Gasteiger partial charge in [-0.25, -0.2) is 14.4 Å². The molecule has 0 aliphatic carbocycles. The van der Waals surface area contributed by atoms with Crippen molar-refractivity contribution in [2.45, 2.75) is 6.92 Å². The van der Waals surface area contributed by atoms with E-state index in [1.807, 2.05) is 18.4 Å². The summed E-state index contributed by atoms with van der Waals surface area (Å²) in [5.41, 5.74) is 1.69. The summed E-state index contributed by atoms with van der Waals surface area (Å²) < 4.78 is 13.0. The second-order valence-corrected chi connectivity index (χ2v) is 4.84. The van der Waals surface area contributed by atoms with E-state index in [-0.39, 0.29) is 5.82 Å². The Balaban J connectivity index is 2.03. The second-order valence-electron chi connectivity index (χ2n) is 3.95. The van der Waals surface area contributed by atoms with Crippen molar-refractivity contribution in [3.63, 3.8) is 0 Å². The third kappa shape index (κ3) is 1.93. The van der Waals surface area contributed by atoms with Gasteiger partial charge >= 0.3 is 0 Å². The average molecular weight is 259 g/mol.